The van der Waals surface area contributed by atoms with Crippen LogP contribution in [0, 0.1) is 16.7 Å². The zero-order chi connectivity index (χ0) is 23.9. The largest absolute Gasteiger partial charge is 0.394 e. The molecule has 11 heteroatoms. The number of halogens is 4. The Morgan fingerprint density at radius 3 is 2.32 bits per heavy atom. The molecule has 0 unspecified atom stereocenters. The highest BCUT2D eigenvalue weighted by molar-refractivity contribution is 6.30. The Morgan fingerprint density at radius 1 is 1.09 bits per heavy atom. The van der Waals surface area contributed by atoms with Crippen molar-refractivity contribution in [2.45, 2.75) is 31.0 Å². The third-order valence-corrected chi connectivity index (χ3v) is 8.02. The molecule has 2 bridgehead atoms. The number of aromatic nitrogens is 3. The van der Waals surface area contributed by atoms with Gasteiger partial charge in [0.1, 0.15) is 11.6 Å². The van der Waals surface area contributed by atoms with Gasteiger partial charge in [0.05, 0.1) is 11.0 Å². The SMILES string of the molecule is N#Cc1c(N2CCN(C34CC(C(F)(F)F)(C3)C4)CC2)nn2c(=O)c(-c3ccc(Cl)cc3)c[nH]c12. The number of piperazine rings is 1. The number of nitriles is 1. The van der Waals surface area contributed by atoms with E-state index in [1.54, 1.807) is 30.5 Å². The summed E-state index contributed by atoms with van der Waals surface area (Å²) in [5.74, 6) is 0.410. The third kappa shape index (κ3) is 2.86. The first-order valence-electron chi connectivity index (χ1n) is 11.0. The van der Waals surface area contributed by atoms with Crippen molar-refractivity contribution in [3.63, 3.8) is 0 Å². The van der Waals surface area contributed by atoms with Crippen molar-refractivity contribution in [2.24, 2.45) is 5.41 Å². The summed E-state index contributed by atoms with van der Waals surface area (Å²) in [6, 6.07) is 9.01. The van der Waals surface area contributed by atoms with E-state index in [4.69, 9.17) is 11.6 Å². The number of nitrogens with one attached hydrogen (secondary N) is 1. The molecule has 0 atom stereocenters. The fourth-order valence-electron chi connectivity index (χ4n) is 5.93. The molecule has 1 aliphatic heterocycles. The first-order valence-corrected chi connectivity index (χ1v) is 11.4. The van der Waals surface area contributed by atoms with Crippen molar-refractivity contribution < 1.29 is 13.2 Å². The summed E-state index contributed by atoms with van der Waals surface area (Å²) in [7, 11) is 0. The predicted molar refractivity (Wildman–Crippen MR) is 120 cm³/mol. The molecule has 7 rings (SSSR count). The lowest BCUT2D eigenvalue weighted by atomic mass is 9.38. The number of alkyl halides is 3. The van der Waals surface area contributed by atoms with E-state index in [9.17, 15) is 23.2 Å². The number of benzene rings is 1. The van der Waals surface area contributed by atoms with Gasteiger partial charge in [0.2, 0.25) is 0 Å². The van der Waals surface area contributed by atoms with Gasteiger partial charge in [0.25, 0.3) is 5.56 Å². The lowest BCUT2D eigenvalue weighted by Crippen LogP contribution is -2.80. The predicted octanol–water partition coefficient (Wildman–Crippen LogP) is 3.82. The van der Waals surface area contributed by atoms with Gasteiger partial charge in [-0.25, -0.2) is 0 Å². The van der Waals surface area contributed by atoms with Crippen LogP contribution in [0.3, 0.4) is 0 Å². The van der Waals surface area contributed by atoms with Crippen LogP contribution in [0.4, 0.5) is 19.0 Å². The molecule has 3 aromatic rings. The van der Waals surface area contributed by atoms with Crippen molar-refractivity contribution in [2.75, 3.05) is 31.1 Å². The Labute approximate surface area is 197 Å². The van der Waals surface area contributed by atoms with Gasteiger partial charge in [0, 0.05) is 42.9 Å². The maximum absolute atomic E-state index is 13.2. The summed E-state index contributed by atoms with van der Waals surface area (Å²) in [5, 5.41) is 14.8. The molecule has 3 heterocycles. The summed E-state index contributed by atoms with van der Waals surface area (Å²) in [5.41, 5.74) is -0.501. The Hall–Kier alpha value is -3.03. The normalized spacial score (nSPS) is 26.7. The number of anilines is 1. The lowest BCUT2D eigenvalue weighted by molar-refractivity contribution is -0.362. The number of aromatic amines is 1. The summed E-state index contributed by atoms with van der Waals surface area (Å²) in [6.45, 7) is 2.24. The van der Waals surface area contributed by atoms with Gasteiger partial charge < -0.3 is 9.88 Å². The zero-order valence-corrected chi connectivity index (χ0v) is 18.7. The van der Waals surface area contributed by atoms with Gasteiger partial charge in [-0.2, -0.15) is 22.9 Å². The Bertz CT molecular complexity index is 1380. The molecule has 4 aliphatic rings. The standard InChI is InChI=1S/C23H20ClF3N6O/c24-15-3-1-14(2-4-15)17-10-29-18-16(9-28)19(30-33(18)20(17)34)31-5-7-32(8-6-31)22-11-21(12-22,13-22)23(25,26)27/h1-4,10,29H,5-8,11-13H2. The highest BCUT2D eigenvalue weighted by Gasteiger charge is 2.79. The van der Waals surface area contributed by atoms with Crippen molar-refractivity contribution in [1.29, 1.82) is 5.26 Å². The number of nitrogens with zero attached hydrogens (tertiary/aromatic N) is 5. The fourth-order valence-corrected chi connectivity index (χ4v) is 6.05. The molecule has 0 spiro atoms. The van der Waals surface area contributed by atoms with Gasteiger partial charge in [-0.3, -0.25) is 9.69 Å². The van der Waals surface area contributed by atoms with E-state index in [-0.39, 0.29) is 35.9 Å². The maximum atomic E-state index is 13.2. The fraction of sp³-hybridized carbons (Fsp3) is 0.435. The zero-order valence-electron chi connectivity index (χ0n) is 18.0. The van der Waals surface area contributed by atoms with Gasteiger partial charge in [-0.1, -0.05) is 23.7 Å². The van der Waals surface area contributed by atoms with Crippen LogP contribution in [0.2, 0.25) is 5.02 Å². The van der Waals surface area contributed by atoms with Crippen LogP contribution in [0.5, 0.6) is 0 Å². The summed E-state index contributed by atoms with van der Waals surface area (Å²) < 4.78 is 40.8. The van der Waals surface area contributed by atoms with Crippen molar-refractivity contribution in [3.8, 4) is 17.2 Å². The summed E-state index contributed by atoms with van der Waals surface area (Å²) in [4.78, 5) is 20.3. The minimum Gasteiger partial charge on any atom is -0.351 e. The van der Waals surface area contributed by atoms with Gasteiger partial charge in [-0.05, 0) is 37.0 Å². The molecule has 1 N–H and O–H groups in total. The first kappa shape index (κ1) is 21.5. The Morgan fingerprint density at radius 2 is 1.74 bits per heavy atom. The molecule has 2 aromatic heterocycles. The van der Waals surface area contributed by atoms with Crippen molar-refractivity contribution in [3.05, 3.63) is 51.4 Å². The Balaban J connectivity index is 1.25. The third-order valence-electron chi connectivity index (χ3n) is 7.76. The van der Waals surface area contributed by atoms with Crippen LogP contribution in [0.1, 0.15) is 24.8 Å². The van der Waals surface area contributed by atoms with Crippen LogP contribution < -0.4 is 10.5 Å². The smallest absolute Gasteiger partial charge is 0.351 e. The monoisotopic (exact) mass is 488 g/mol. The number of rotatable bonds is 3. The number of H-pyrrole nitrogens is 1. The second kappa shape index (κ2) is 6.99. The molecule has 3 saturated carbocycles. The highest BCUT2D eigenvalue weighted by atomic mass is 35.5. The van der Waals surface area contributed by atoms with Crippen molar-refractivity contribution >= 4 is 23.1 Å². The lowest BCUT2D eigenvalue weighted by Gasteiger charge is -2.74. The van der Waals surface area contributed by atoms with Crippen LogP contribution in [-0.2, 0) is 0 Å². The van der Waals surface area contributed by atoms with Gasteiger partial charge in [-0.15, -0.1) is 5.10 Å². The van der Waals surface area contributed by atoms with E-state index < -0.39 is 11.6 Å². The quantitative estimate of drug-likeness (QED) is 0.606. The molecular weight excluding hydrogens is 469 g/mol. The minimum atomic E-state index is -4.12. The highest BCUT2D eigenvalue weighted by Crippen LogP contribution is 2.75. The van der Waals surface area contributed by atoms with Crippen molar-refractivity contribution in [1.82, 2.24) is 19.5 Å². The van der Waals surface area contributed by atoms with E-state index in [1.165, 1.54) is 4.52 Å². The molecule has 0 amide bonds. The average Bonchev–Trinajstić information content (AvgIpc) is 3.12. The number of hydrogen-bond donors (Lipinski definition) is 1. The van der Waals surface area contributed by atoms with Crippen LogP contribution >= 0.6 is 11.6 Å². The van der Waals surface area contributed by atoms with E-state index in [2.05, 4.69) is 21.1 Å². The molecule has 0 radical (unpaired) electrons. The number of fused-ring (bicyclic) bond motifs is 1. The second-order valence-electron chi connectivity index (χ2n) is 9.59. The van der Waals surface area contributed by atoms with E-state index >= 15 is 0 Å². The first-order chi connectivity index (χ1) is 16.2. The maximum Gasteiger partial charge on any atom is 0.394 e. The molecule has 4 fully saturated rings. The van der Waals surface area contributed by atoms with Gasteiger partial charge in [0.15, 0.2) is 11.5 Å². The molecule has 1 saturated heterocycles. The molecular formula is C23H20ClF3N6O. The summed E-state index contributed by atoms with van der Waals surface area (Å²) in [6.07, 6.45) is -2.01. The molecule has 176 valence electrons. The van der Waals surface area contributed by atoms with E-state index in [0.717, 1.165) is 0 Å². The van der Waals surface area contributed by atoms with Crippen LogP contribution in [-0.4, -0.2) is 57.4 Å². The van der Waals surface area contributed by atoms with E-state index in [0.29, 0.717) is 53.8 Å². The summed E-state index contributed by atoms with van der Waals surface area (Å²) >= 11 is 5.95. The molecule has 7 nitrogen and oxygen atoms in total. The molecule has 1 aromatic carbocycles. The Kier molecular flexibility index (Phi) is 4.42. The number of hydrogen-bond acceptors (Lipinski definition) is 5. The minimum absolute atomic E-state index is 0.184. The molecule has 34 heavy (non-hydrogen) atoms. The molecule has 3 aliphatic carbocycles. The van der Waals surface area contributed by atoms with Gasteiger partial charge >= 0.3 is 6.18 Å². The van der Waals surface area contributed by atoms with Crippen LogP contribution in [0.15, 0.2) is 35.3 Å². The second-order valence-corrected chi connectivity index (χ2v) is 10.0. The average molecular weight is 489 g/mol. The topological polar surface area (TPSA) is 80.4 Å². The van der Waals surface area contributed by atoms with E-state index in [1.807, 2.05) is 4.90 Å². The van der Waals surface area contributed by atoms with Crippen LogP contribution in [0.25, 0.3) is 16.8 Å².